The number of nitrogens with one attached hydrogen (secondary N) is 1. The normalized spacial score (nSPS) is 11.3. The maximum absolute atomic E-state index is 12.2. The summed E-state index contributed by atoms with van der Waals surface area (Å²) in [6.45, 7) is 13.7. The summed E-state index contributed by atoms with van der Waals surface area (Å²) in [5.74, 6) is 0.847. The van der Waals surface area contributed by atoms with E-state index in [0.717, 1.165) is 49.0 Å². The van der Waals surface area contributed by atoms with Crippen LogP contribution in [0.1, 0.15) is 65.9 Å². The fraction of sp³-hybridized carbons (Fsp3) is 0.667. The zero-order valence-electron chi connectivity index (χ0n) is 17.0. The Morgan fingerprint density at radius 1 is 1.15 bits per heavy atom. The van der Waals surface area contributed by atoms with Crippen molar-refractivity contribution in [3.63, 3.8) is 0 Å². The van der Waals surface area contributed by atoms with E-state index in [2.05, 4.69) is 68.0 Å². The Bertz CT molecular complexity index is 555. The maximum Gasteiger partial charge on any atom is 0.317 e. The van der Waals surface area contributed by atoms with Crippen LogP contribution in [0, 0.1) is 0 Å². The molecule has 1 aromatic carbocycles. The molecule has 0 aliphatic carbocycles. The molecule has 0 heterocycles. The van der Waals surface area contributed by atoms with E-state index < -0.39 is 0 Å². The van der Waals surface area contributed by atoms with Gasteiger partial charge in [-0.05, 0) is 58.3 Å². The van der Waals surface area contributed by atoms with Gasteiger partial charge in [0, 0.05) is 19.6 Å². The monoisotopic (exact) mass is 426 g/mol. The van der Waals surface area contributed by atoms with E-state index in [0.29, 0.717) is 13.2 Å². The molecule has 0 bridgehead atoms. The summed E-state index contributed by atoms with van der Waals surface area (Å²) in [5, 5.41) is 3.00. The molecule has 1 rings (SSSR count). The van der Waals surface area contributed by atoms with Gasteiger partial charge in [-0.2, -0.15) is 0 Å². The summed E-state index contributed by atoms with van der Waals surface area (Å²) < 4.78 is 6.82. The molecule has 0 aliphatic rings. The lowest BCUT2D eigenvalue weighted by atomic mass is 9.87. The predicted molar refractivity (Wildman–Crippen MR) is 113 cm³/mol. The molecule has 0 fully saturated rings. The lowest BCUT2D eigenvalue weighted by Gasteiger charge is -2.22. The Morgan fingerprint density at radius 2 is 1.88 bits per heavy atom. The number of nitrogens with zero attached hydrogens (tertiary/aromatic N) is 1. The van der Waals surface area contributed by atoms with Gasteiger partial charge in [-0.1, -0.05) is 47.1 Å². The van der Waals surface area contributed by atoms with E-state index in [1.807, 2.05) is 11.0 Å². The van der Waals surface area contributed by atoms with Crippen LogP contribution in [0.4, 0.5) is 4.79 Å². The number of hydrogen-bond acceptors (Lipinski definition) is 2. The van der Waals surface area contributed by atoms with Crippen molar-refractivity contribution in [3.05, 3.63) is 28.2 Å². The Kier molecular flexibility index (Phi) is 10.1. The molecule has 148 valence electrons. The first-order valence-corrected chi connectivity index (χ1v) is 10.5. The first-order chi connectivity index (χ1) is 12.3. The standard InChI is InChI=1S/C21H35BrN2O2/c1-6-8-14-24(13-7-2)20(25)23-12-9-15-26-19-11-10-17(16-18(19)22)21(3,4)5/h10-11,16H,6-9,12-15H2,1-5H3,(H,23,25). The highest BCUT2D eigenvalue weighted by atomic mass is 79.9. The van der Waals surface area contributed by atoms with Crippen molar-refractivity contribution in [1.82, 2.24) is 10.2 Å². The molecule has 0 atom stereocenters. The minimum Gasteiger partial charge on any atom is -0.492 e. The van der Waals surface area contributed by atoms with Gasteiger partial charge in [0.25, 0.3) is 0 Å². The number of carbonyl (C=O) groups excluding carboxylic acids is 1. The molecule has 4 nitrogen and oxygen atoms in total. The molecule has 1 N–H and O–H groups in total. The van der Waals surface area contributed by atoms with Gasteiger partial charge in [0.15, 0.2) is 0 Å². The van der Waals surface area contributed by atoms with Crippen LogP contribution in [0.5, 0.6) is 5.75 Å². The lowest BCUT2D eigenvalue weighted by Crippen LogP contribution is -2.41. The molecule has 2 amide bonds. The number of ether oxygens (including phenoxy) is 1. The van der Waals surface area contributed by atoms with Gasteiger partial charge in [0.2, 0.25) is 0 Å². The second-order valence-electron chi connectivity index (χ2n) is 7.67. The quantitative estimate of drug-likeness (QED) is 0.484. The number of urea groups is 1. The minimum atomic E-state index is 0.0380. The Labute approximate surface area is 167 Å². The van der Waals surface area contributed by atoms with Crippen molar-refractivity contribution < 1.29 is 9.53 Å². The second kappa shape index (κ2) is 11.5. The fourth-order valence-electron chi connectivity index (χ4n) is 2.58. The highest BCUT2D eigenvalue weighted by Crippen LogP contribution is 2.31. The van der Waals surface area contributed by atoms with Gasteiger partial charge >= 0.3 is 6.03 Å². The predicted octanol–water partition coefficient (Wildman–Crippen LogP) is 5.74. The molecule has 0 aromatic heterocycles. The molecule has 1 aromatic rings. The van der Waals surface area contributed by atoms with Crippen molar-refractivity contribution in [3.8, 4) is 5.75 Å². The third-order valence-electron chi connectivity index (χ3n) is 4.22. The number of unbranched alkanes of at least 4 members (excludes halogenated alkanes) is 1. The van der Waals surface area contributed by atoms with Crippen molar-refractivity contribution in [2.24, 2.45) is 0 Å². The average Bonchev–Trinajstić information content (AvgIpc) is 2.58. The van der Waals surface area contributed by atoms with E-state index in [9.17, 15) is 4.79 Å². The summed E-state index contributed by atoms with van der Waals surface area (Å²) in [6.07, 6.45) is 3.92. The molecular weight excluding hydrogens is 392 g/mol. The third-order valence-corrected chi connectivity index (χ3v) is 4.83. The Morgan fingerprint density at radius 3 is 2.46 bits per heavy atom. The SMILES string of the molecule is CCCCN(CCC)C(=O)NCCCOc1ccc(C(C)(C)C)cc1Br. The number of carbonyl (C=O) groups is 1. The Balaban J connectivity index is 2.37. The average molecular weight is 427 g/mol. The number of hydrogen-bond donors (Lipinski definition) is 1. The lowest BCUT2D eigenvalue weighted by molar-refractivity contribution is 0.195. The molecule has 0 radical (unpaired) electrons. The van der Waals surface area contributed by atoms with Gasteiger partial charge in [0.1, 0.15) is 5.75 Å². The van der Waals surface area contributed by atoms with Gasteiger partial charge in [-0.25, -0.2) is 4.79 Å². The van der Waals surface area contributed by atoms with Crippen molar-refractivity contribution >= 4 is 22.0 Å². The van der Waals surface area contributed by atoms with Crippen LogP contribution in [0.25, 0.3) is 0 Å². The zero-order chi connectivity index (χ0) is 19.6. The molecular formula is C21H35BrN2O2. The van der Waals surface area contributed by atoms with Gasteiger partial charge in [0.05, 0.1) is 11.1 Å². The molecule has 0 unspecified atom stereocenters. The molecule has 0 spiro atoms. The first-order valence-electron chi connectivity index (χ1n) is 9.75. The topological polar surface area (TPSA) is 41.6 Å². The summed E-state index contributed by atoms with van der Waals surface area (Å²) in [7, 11) is 0. The van der Waals surface area contributed by atoms with Gasteiger partial charge < -0.3 is 15.0 Å². The first kappa shape index (κ1) is 22.8. The smallest absolute Gasteiger partial charge is 0.317 e. The van der Waals surface area contributed by atoms with E-state index in [4.69, 9.17) is 4.74 Å². The summed E-state index contributed by atoms with van der Waals surface area (Å²) in [4.78, 5) is 14.1. The molecule has 5 heteroatoms. The summed E-state index contributed by atoms with van der Waals surface area (Å²) in [5.41, 5.74) is 1.39. The number of rotatable bonds is 10. The van der Waals surface area contributed by atoms with Crippen LogP contribution in [0.3, 0.4) is 0 Å². The summed E-state index contributed by atoms with van der Waals surface area (Å²) >= 11 is 3.59. The maximum atomic E-state index is 12.2. The van der Waals surface area contributed by atoms with Crippen LogP contribution in [-0.2, 0) is 5.41 Å². The molecule has 0 saturated heterocycles. The van der Waals surface area contributed by atoms with Crippen LogP contribution < -0.4 is 10.1 Å². The molecule has 0 aliphatic heterocycles. The molecule has 26 heavy (non-hydrogen) atoms. The van der Waals surface area contributed by atoms with Crippen LogP contribution in [0.15, 0.2) is 22.7 Å². The van der Waals surface area contributed by atoms with Gasteiger partial charge in [-0.15, -0.1) is 0 Å². The van der Waals surface area contributed by atoms with E-state index in [-0.39, 0.29) is 11.4 Å². The summed E-state index contributed by atoms with van der Waals surface area (Å²) in [6, 6.07) is 6.28. The van der Waals surface area contributed by atoms with Crippen LogP contribution >= 0.6 is 15.9 Å². The van der Waals surface area contributed by atoms with Crippen molar-refractivity contribution in [1.29, 1.82) is 0 Å². The Hall–Kier alpha value is -1.23. The third kappa shape index (κ3) is 7.98. The second-order valence-corrected chi connectivity index (χ2v) is 8.52. The van der Waals surface area contributed by atoms with Crippen molar-refractivity contribution in [2.75, 3.05) is 26.2 Å². The van der Waals surface area contributed by atoms with E-state index >= 15 is 0 Å². The van der Waals surface area contributed by atoms with Crippen molar-refractivity contribution in [2.45, 2.75) is 65.7 Å². The molecule has 0 saturated carbocycles. The van der Waals surface area contributed by atoms with Crippen LogP contribution in [0.2, 0.25) is 0 Å². The largest absolute Gasteiger partial charge is 0.492 e. The highest BCUT2D eigenvalue weighted by Gasteiger charge is 2.15. The van der Waals surface area contributed by atoms with Crippen LogP contribution in [-0.4, -0.2) is 37.2 Å². The van der Waals surface area contributed by atoms with Gasteiger partial charge in [-0.3, -0.25) is 0 Å². The number of amides is 2. The zero-order valence-corrected chi connectivity index (χ0v) is 18.6. The highest BCUT2D eigenvalue weighted by molar-refractivity contribution is 9.10. The number of benzene rings is 1. The fourth-order valence-corrected chi connectivity index (χ4v) is 3.07. The van der Waals surface area contributed by atoms with E-state index in [1.165, 1.54) is 5.56 Å². The van der Waals surface area contributed by atoms with E-state index in [1.54, 1.807) is 0 Å². The minimum absolute atomic E-state index is 0.0380. The number of halogens is 1.